The van der Waals surface area contributed by atoms with E-state index < -0.39 is 5.25 Å². The summed E-state index contributed by atoms with van der Waals surface area (Å²) in [6, 6.07) is 15.1. The molecule has 7 heteroatoms. The maximum atomic E-state index is 12.4. The lowest BCUT2D eigenvalue weighted by Crippen LogP contribution is -2.34. The summed E-state index contributed by atoms with van der Waals surface area (Å²) in [4.78, 5) is 38.0. The topological polar surface area (TPSA) is 87.3 Å². The zero-order chi connectivity index (χ0) is 20.9. The van der Waals surface area contributed by atoms with Crippen LogP contribution in [0.3, 0.4) is 0 Å². The van der Waals surface area contributed by atoms with E-state index in [-0.39, 0.29) is 30.1 Å². The zero-order valence-corrected chi connectivity index (χ0v) is 17.5. The first-order valence-electron chi connectivity index (χ1n) is 10.3. The van der Waals surface area contributed by atoms with Gasteiger partial charge in [0.15, 0.2) is 0 Å². The van der Waals surface area contributed by atoms with E-state index >= 15 is 0 Å². The third-order valence-electron chi connectivity index (χ3n) is 5.49. The third-order valence-corrected chi connectivity index (χ3v) is 6.76. The van der Waals surface area contributed by atoms with Gasteiger partial charge < -0.3 is 16.0 Å². The number of benzene rings is 2. The first kappa shape index (κ1) is 20.5. The van der Waals surface area contributed by atoms with Gasteiger partial charge in [-0.3, -0.25) is 14.4 Å². The predicted octanol–water partition coefficient (Wildman–Crippen LogP) is 3.93. The Morgan fingerprint density at radius 3 is 2.70 bits per heavy atom. The molecule has 6 nitrogen and oxygen atoms in total. The van der Waals surface area contributed by atoms with Crippen LogP contribution in [0.15, 0.2) is 53.4 Å². The lowest BCUT2D eigenvalue weighted by molar-refractivity contribution is -0.124. The average molecular weight is 424 g/mol. The number of carbonyl (C=O) groups is 3. The second kappa shape index (κ2) is 9.34. The summed E-state index contributed by atoms with van der Waals surface area (Å²) in [7, 11) is 0. The number of para-hydroxylation sites is 1. The van der Waals surface area contributed by atoms with E-state index in [2.05, 4.69) is 16.0 Å². The standard InChI is InChI=1S/C23H25N3O3S/c27-21(13-20-23(29)26-18-10-3-4-11-19(18)30-20)24-14-15-6-5-9-17(12-15)25-22(28)16-7-1-2-8-16/h3-6,9-12,16,20H,1-2,7-8,13-14H2,(H,24,27)(H,25,28)(H,26,29). The van der Waals surface area contributed by atoms with Crippen molar-refractivity contribution in [3.63, 3.8) is 0 Å². The SMILES string of the molecule is O=C(CC1Sc2ccccc2NC1=O)NCc1cccc(NC(=O)C2CCCC2)c1. The molecule has 2 aromatic rings. The lowest BCUT2D eigenvalue weighted by atomic mass is 10.1. The number of thioether (sulfide) groups is 1. The van der Waals surface area contributed by atoms with Gasteiger partial charge in [-0.05, 0) is 42.7 Å². The highest BCUT2D eigenvalue weighted by Gasteiger charge is 2.28. The van der Waals surface area contributed by atoms with Crippen LogP contribution in [-0.2, 0) is 20.9 Å². The Labute approximate surface area is 180 Å². The van der Waals surface area contributed by atoms with Gasteiger partial charge >= 0.3 is 0 Å². The Balaban J connectivity index is 1.29. The van der Waals surface area contributed by atoms with Gasteiger partial charge in [-0.2, -0.15) is 0 Å². The highest BCUT2D eigenvalue weighted by atomic mass is 32.2. The van der Waals surface area contributed by atoms with Crippen LogP contribution in [0.5, 0.6) is 0 Å². The number of nitrogens with one attached hydrogen (secondary N) is 3. The molecule has 1 fully saturated rings. The van der Waals surface area contributed by atoms with E-state index in [1.54, 1.807) is 0 Å². The molecule has 1 saturated carbocycles. The second-order valence-electron chi connectivity index (χ2n) is 7.74. The van der Waals surface area contributed by atoms with E-state index in [0.29, 0.717) is 6.54 Å². The molecule has 0 spiro atoms. The van der Waals surface area contributed by atoms with Gasteiger partial charge in [0.05, 0.1) is 10.9 Å². The molecule has 4 rings (SSSR count). The molecular formula is C23H25N3O3S. The lowest BCUT2D eigenvalue weighted by Gasteiger charge is -2.23. The first-order valence-corrected chi connectivity index (χ1v) is 11.2. The second-order valence-corrected chi connectivity index (χ2v) is 8.99. The van der Waals surface area contributed by atoms with Gasteiger partial charge in [0.2, 0.25) is 17.7 Å². The van der Waals surface area contributed by atoms with Gasteiger partial charge in [-0.15, -0.1) is 11.8 Å². The molecule has 0 bridgehead atoms. The molecule has 3 amide bonds. The monoisotopic (exact) mass is 423 g/mol. The molecule has 1 aliphatic heterocycles. The normalized spacial score (nSPS) is 18.4. The van der Waals surface area contributed by atoms with Gasteiger partial charge in [-0.25, -0.2) is 0 Å². The van der Waals surface area contributed by atoms with Crippen molar-refractivity contribution in [2.24, 2.45) is 5.92 Å². The molecular weight excluding hydrogens is 398 g/mol. The van der Waals surface area contributed by atoms with E-state index in [4.69, 9.17) is 0 Å². The number of fused-ring (bicyclic) bond motifs is 1. The van der Waals surface area contributed by atoms with Crippen molar-refractivity contribution in [3.8, 4) is 0 Å². The number of hydrogen-bond donors (Lipinski definition) is 3. The highest BCUT2D eigenvalue weighted by Crippen LogP contribution is 2.36. The first-order chi connectivity index (χ1) is 14.6. The zero-order valence-electron chi connectivity index (χ0n) is 16.6. The Morgan fingerprint density at radius 1 is 1.07 bits per heavy atom. The molecule has 2 aromatic carbocycles. The Morgan fingerprint density at radius 2 is 1.87 bits per heavy atom. The number of carbonyl (C=O) groups excluding carboxylic acids is 3. The molecule has 0 aromatic heterocycles. The van der Waals surface area contributed by atoms with Gasteiger partial charge in [0.25, 0.3) is 0 Å². The predicted molar refractivity (Wildman–Crippen MR) is 118 cm³/mol. The minimum Gasteiger partial charge on any atom is -0.352 e. The number of anilines is 2. The Kier molecular flexibility index (Phi) is 6.38. The van der Waals surface area contributed by atoms with Crippen LogP contribution in [0.25, 0.3) is 0 Å². The number of hydrogen-bond acceptors (Lipinski definition) is 4. The third kappa shape index (κ3) is 5.02. The van der Waals surface area contributed by atoms with Gasteiger partial charge in [0, 0.05) is 29.5 Å². The molecule has 3 N–H and O–H groups in total. The highest BCUT2D eigenvalue weighted by molar-refractivity contribution is 8.01. The molecule has 0 saturated heterocycles. The van der Waals surface area contributed by atoms with E-state index in [1.807, 2.05) is 48.5 Å². The molecule has 0 radical (unpaired) electrons. The van der Waals surface area contributed by atoms with Gasteiger partial charge in [-0.1, -0.05) is 37.1 Å². The molecule has 1 atom stereocenters. The average Bonchev–Trinajstić information content (AvgIpc) is 3.28. The molecule has 1 heterocycles. The fourth-order valence-corrected chi connectivity index (χ4v) is 4.97. The van der Waals surface area contributed by atoms with Crippen molar-refractivity contribution in [2.75, 3.05) is 10.6 Å². The minimum atomic E-state index is -0.447. The summed E-state index contributed by atoms with van der Waals surface area (Å²) in [5.74, 6) is -0.139. The van der Waals surface area contributed by atoms with Gasteiger partial charge in [0.1, 0.15) is 0 Å². The summed E-state index contributed by atoms with van der Waals surface area (Å²) in [5, 5.41) is 8.28. The van der Waals surface area contributed by atoms with Crippen molar-refractivity contribution < 1.29 is 14.4 Å². The van der Waals surface area contributed by atoms with Crippen LogP contribution in [-0.4, -0.2) is 23.0 Å². The largest absolute Gasteiger partial charge is 0.352 e. The minimum absolute atomic E-state index is 0.0781. The summed E-state index contributed by atoms with van der Waals surface area (Å²) in [6.07, 6.45) is 4.26. The Hall–Kier alpha value is -2.80. The number of amides is 3. The van der Waals surface area contributed by atoms with Crippen molar-refractivity contribution >= 4 is 40.9 Å². The number of rotatable bonds is 6. The smallest absolute Gasteiger partial charge is 0.238 e. The van der Waals surface area contributed by atoms with E-state index in [0.717, 1.165) is 47.5 Å². The van der Waals surface area contributed by atoms with Crippen LogP contribution in [0.4, 0.5) is 11.4 Å². The van der Waals surface area contributed by atoms with Crippen molar-refractivity contribution in [3.05, 3.63) is 54.1 Å². The summed E-state index contributed by atoms with van der Waals surface area (Å²) >= 11 is 1.42. The fraction of sp³-hybridized carbons (Fsp3) is 0.348. The van der Waals surface area contributed by atoms with Crippen LogP contribution >= 0.6 is 11.8 Å². The Bertz CT molecular complexity index is 956. The molecule has 156 valence electrons. The van der Waals surface area contributed by atoms with Crippen molar-refractivity contribution in [2.45, 2.75) is 48.8 Å². The van der Waals surface area contributed by atoms with Crippen LogP contribution in [0.1, 0.15) is 37.7 Å². The fourth-order valence-electron chi connectivity index (χ4n) is 3.86. The molecule has 30 heavy (non-hydrogen) atoms. The van der Waals surface area contributed by atoms with Crippen LogP contribution in [0, 0.1) is 5.92 Å². The summed E-state index contributed by atoms with van der Waals surface area (Å²) in [6.45, 7) is 0.349. The van der Waals surface area contributed by atoms with Crippen molar-refractivity contribution in [1.29, 1.82) is 0 Å². The maximum absolute atomic E-state index is 12.4. The van der Waals surface area contributed by atoms with E-state index in [9.17, 15) is 14.4 Å². The molecule has 1 aliphatic carbocycles. The maximum Gasteiger partial charge on any atom is 0.238 e. The summed E-state index contributed by atoms with van der Waals surface area (Å²) in [5.41, 5.74) is 2.44. The summed E-state index contributed by atoms with van der Waals surface area (Å²) < 4.78 is 0. The van der Waals surface area contributed by atoms with Crippen molar-refractivity contribution in [1.82, 2.24) is 5.32 Å². The van der Waals surface area contributed by atoms with Crippen LogP contribution in [0.2, 0.25) is 0 Å². The molecule has 1 unspecified atom stereocenters. The molecule has 2 aliphatic rings. The van der Waals surface area contributed by atoms with E-state index in [1.165, 1.54) is 11.8 Å². The quantitative estimate of drug-likeness (QED) is 0.657. The van der Waals surface area contributed by atoms with Crippen LogP contribution < -0.4 is 16.0 Å².